The Morgan fingerprint density at radius 1 is 1.50 bits per heavy atom. The average molecular weight is 240 g/mol. The molecule has 1 saturated carbocycles. The standard InChI is InChI=1S/C11H16N2O2S/c14-10-6-15-5-9(10)12-3-8-4-13-11(16-8)7-1-2-7/h4,7,9-10,12,14H,1-3,5-6H2. The largest absolute Gasteiger partial charge is 0.389 e. The molecule has 0 aromatic carbocycles. The summed E-state index contributed by atoms with van der Waals surface area (Å²) in [6.45, 7) is 1.85. The topological polar surface area (TPSA) is 54.4 Å². The van der Waals surface area contributed by atoms with Crippen LogP contribution in [0.4, 0.5) is 0 Å². The van der Waals surface area contributed by atoms with Gasteiger partial charge in [0.05, 0.1) is 30.4 Å². The van der Waals surface area contributed by atoms with E-state index < -0.39 is 0 Å². The normalized spacial score (nSPS) is 29.8. The first-order valence-electron chi connectivity index (χ1n) is 5.77. The number of ether oxygens (including phenoxy) is 1. The summed E-state index contributed by atoms with van der Waals surface area (Å²) in [6.07, 6.45) is 4.19. The molecule has 0 radical (unpaired) electrons. The predicted octanol–water partition coefficient (Wildman–Crippen LogP) is 0.870. The highest BCUT2D eigenvalue weighted by Gasteiger charge is 2.28. The summed E-state index contributed by atoms with van der Waals surface area (Å²) in [5.74, 6) is 0.735. The van der Waals surface area contributed by atoms with E-state index >= 15 is 0 Å². The summed E-state index contributed by atoms with van der Waals surface area (Å²) < 4.78 is 5.19. The van der Waals surface area contributed by atoms with Gasteiger partial charge in [0.1, 0.15) is 0 Å². The highest BCUT2D eigenvalue weighted by molar-refractivity contribution is 7.11. The van der Waals surface area contributed by atoms with Crippen LogP contribution in [-0.4, -0.2) is 35.5 Å². The van der Waals surface area contributed by atoms with E-state index in [1.165, 1.54) is 22.7 Å². The van der Waals surface area contributed by atoms with Crippen molar-refractivity contribution in [3.05, 3.63) is 16.1 Å². The molecule has 2 N–H and O–H groups in total. The summed E-state index contributed by atoms with van der Waals surface area (Å²) in [7, 11) is 0. The molecule has 0 amide bonds. The number of nitrogens with zero attached hydrogens (tertiary/aromatic N) is 1. The third-order valence-corrected chi connectivity index (χ3v) is 4.25. The van der Waals surface area contributed by atoms with Crippen molar-refractivity contribution in [2.75, 3.05) is 13.2 Å². The molecule has 4 nitrogen and oxygen atoms in total. The number of thiazole rings is 1. The van der Waals surface area contributed by atoms with Gasteiger partial charge in [-0.15, -0.1) is 11.3 Å². The van der Waals surface area contributed by atoms with Crippen molar-refractivity contribution in [1.82, 2.24) is 10.3 Å². The van der Waals surface area contributed by atoms with Gasteiger partial charge in [0.2, 0.25) is 0 Å². The van der Waals surface area contributed by atoms with Crippen LogP contribution in [0.5, 0.6) is 0 Å². The second-order valence-electron chi connectivity index (χ2n) is 4.53. The monoisotopic (exact) mass is 240 g/mol. The summed E-state index contributed by atoms with van der Waals surface area (Å²) in [4.78, 5) is 5.68. The van der Waals surface area contributed by atoms with Crippen molar-refractivity contribution >= 4 is 11.3 Å². The Hall–Kier alpha value is -0.490. The number of nitrogens with one attached hydrogen (secondary N) is 1. The Labute approximate surface area is 98.7 Å². The lowest BCUT2D eigenvalue weighted by Crippen LogP contribution is -2.38. The number of rotatable bonds is 4. The van der Waals surface area contributed by atoms with Gasteiger partial charge in [0, 0.05) is 23.5 Å². The Morgan fingerprint density at radius 2 is 2.38 bits per heavy atom. The van der Waals surface area contributed by atoms with Crippen LogP contribution in [0.3, 0.4) is 0 Å². The van der Waals surface area contributed by atoms with E-state index in [2.05, 4.69) is 10.3 Å². The van der Waals surface area contributed by atoms with E-state index in [1.54, 1.807) is 11.3 Å². The Bertz CT molecular complexity index is 365. The smallest absolute Gasteiger partial charge is 0.0959 e. The van der Waals surface area contributed by atoms with Crippen molar-refractivity contribution in [2.45, 2.75) is 37.5 Å². The van der Waals surface area contributed by atoms with Crippen molar-refractivity contribution in [1.29, 1.82) is 0 Å². The number of aliphatic hydroxyl groups is 1. The zero-order valence-electron chi connectivity index (χ0n) is 9.06. The van der Waals surface area contributed by atoms with Gasteiger partial charge in [0.15, 0.2) is 0 Å². The van der Waals surface area contributed by atoms with Crippen molar-refractivity contribution in [3.8, 4) is 0 Å². The maximum Gasteiger partial charge on any atom is 0.0959 e. The SMILES string of the molecule is OC1COCC1NCc1cnc(C2CC2)s1. The molecule has 0 spiro atoms. The molecule has 2 aliphatic rings. The molecule has 1 aromatic heterocycles. The zero-order valence-corrected chi connectivity index (χ0v) is 9.87. The molecule has 1 aliphatic carbocycles. The minimum Gasteiger partial charge on any atom is -0.389 e. The predicted molar refractivity (Wildman–Crippen MR) is 61.5 cm³/mol. The molecule has 16 heavy (non-hydrogen) atoms. The Morgan fingerprint density at radius 3 is 3.06 bits per heavy atom. The quantitative estimate of drug-likeness (QED) is 0.820. The number of aromatic nitrogens is 1. The van der Waals surface area contributed by atoms with Crippen LogP contribution in [0, 0.1) is 0 Å². The first kappa shape index (κ1) is 10.7. The second-order valence-corrected chi connectivity index (χ2v) is 5.68. The van der Waals surface area contributed by atoms with Gasteiger partial charge in [-0.1, -0.05) is 0 Å². The average Bonchev–Trinajstić information content (AvgIpc) is 2.89. The van der Waals surface area contributed by atoms with Crippen molar-refractivity contribution < 1.29 is 9.84 Å². The van der Waals surface area contributed by atoms with E-state index in [1.807, 2.05) is 6.20 Å². The fourth-order valence-electron chi connectivity index (χ4n) is 1.89. The fourth-order valence-corrected chi connectivity index (χ4v) is 2.93. The first-order chi connectivity index (χ1) is 7.83. The molecule has 88 valence electrons. The molecular formula is C11H16N2O2S. The van der Waals surface area contributed by atoms with Gasteiger partial charge in [-0.3, -0.25) is 0 Å². The molecule has 0 bridgehead atoms. The van der Waals surface area contributed by atoms with Crippen LogP contribution in [0.2, 0.25) is 0 Å². The van der Waals surface area contributed by atoms with E-state index in [0.29, 0.717) is 13.2 Å². The van der Waals surface area contributed by atoms with Crippen molar-refractivity contribution in [2.24, 2.45) is 0 Å². The molecule has 2 heterocycles. The number of aliphatic hydroxyl groups excluding tert-OH is 1. The van der Waals surface area contributed by atoms with Crippen LogP contribution in [0.1, 0.15) is 28.6 Å². The summed E-state index contributed by atoms with van der Waals surface area (Å²) in [6, 6.07) is 0.0754. The summed E-state index contributed by atoms with van der Waals surface area (Å²) >= 11 is 1.79. The first-order valence-corrected chi connectivity index (χ1v) is 6.58. The van der Waals surface area contributed by atoms with E-state index in [0.717, 1.165) is 12.5 Å². The van der Waals surface area contributed by atoms with Crippen LogP contribution in [-0.2, 0) is 11.3 Å². The van der Waals surface area contributed by atoms with Gasteiger partial charge in [-0.05, 0) is 12.8 Å². The van der Waals surface area contributed by atoms with E-state index in [4.69, 9.17) is 4.74 Å². The van der Waals surface area contributed by atoms with Gasteiger partial charge in [0.25, 0.3) is 0 Å². The Balaban J connectivity index is 1.53. The lowest BCUT2D eigenvalue weighted by atomic mass is 10.2. The van der Waals surface area contributed by atoms with Crippen molar-refractivity contribution in [3.63, 3.8) is 0 Å². The fraction of sp³-hybridized carbons (Fsp3) is 0.727. The summed E-state index contributed by atoms with van der Waals surface area (Å²) in [5.41, 5.74) is 0. The van der Waals surface area contributed by atoms with Gasteiger partial charge in [-0.2, -0.15) is 0 Å². The molecule has 1 aliphatic heterocycles. The van der Waals surface area contributed by atoms with Crippen LogP contribution in [0.25, 0.3) is 0 Å². The molecular weight excluding hydrogens is 224 g/mol. The maximum absolute atomic E-state index is 9.57. The lowest BCUT2D eigenvalue weighted by Gasteiger charge is -2.13. The number of hydrogen-bond donors (Lipinski definition) is 2. The van der Waals surface area contributed by atoms with Gasteiger partial charge >= 0.3 is 0 Å². The minimum atomic E-state index is -0.365. The zero-order chi connectivity index (χ0) is 11.0. The molecule has 2 fully saturated rings. The number of hydrogen-bond acceptors (Lipinski definition) is 5. The Kier molecular flexibility index (Phi) is 2.93. The molecule has 1 aromatic rings. The maximum atomic E-state index is 9.57. The highest BCUT2D eigenvalue weighted by atomic mass is 32.1. The minimum absolute atomic E-state index is 0.0754. The molecule has 1 saturated heterocycles. The molecule has 2 atom stereocenters. The molecule has 5 heteroatoms. The third-order valence-electron chi connectivity index (χ3n) is 3.09. The van der Waals surface area contributed by atoms with Gasteiger partial charge < -0.3 is 15.2 Å². The highest BCUT2D eigenvalue weighted by Crippen LogP contribution is 2.41. The van der Waals surface area contributed by atoms with Gasteiger partial charge in [-0.25, -0.2) is 4.98 Å². The third kappa shape index (κ3) is 2.27. The van der Waals surface area contributed by atoms with Crippen LogP contribution in [0.15, 0.2) is 6.20 Å². The van der Waals surface area contributed by atoms with E-state index in [9.17, 15) is 5.11 Å². The van der Waals surface area contributed by atoms with E-state index in [-0.39, 0.29) is 12.1 Å². The summed E-state index contributed by atoms with van der Waals surface area (Å²) in [5, 5.41) is 14.2. The lowest BCUT2D eigenvalue weighted by molar-refractivity contribution is 0.122. The molecule has 3 rings (SSSR count). The van der Waals surface area contributed by atoms with Crippen LogP contribution < -0.4 is 5.32 Å². The van der Waals surface area contributed by atoms with Crippen LogP contribution >= 0.6 is 11.3 Å². The molecule has 2 unspecified atom stereocenters. The second kappa shape index (κ2) is 4.41.